The summed E-state index contributed by atoms with van der Waals surface area (Å²) in [4.78, 5) is 25.6. The predicted octanol–water partition coefficient (Wildman–Crippen LogP) is 2.95. The second-order valence-corrected chi connectivity index (χ2v) is 6.10. The van der Waals surface area contributed by atoms with Crippen LogP contribution in [0.15, 0.2) is 18.2 Å². The Hall–Kier alpha value is -1.36. The summed E-state index contributed by atoms with van der Waals surface area (Å²) in [7, 11) is 0. The van der Waals surface area contributed by atoms with Crippen LogP contribution in [0.5, 0.6) is 0 Å². The van der Waals surface area contributed by atoms with Gasteiger partial charge in [-0.15, -0.1) is 0 Å². The number of nitrogens with one attached hydrogen (secondary N) is 1. The molecule has 21 heavy (non-hydrogen) atoms. The molecule has 1 aliphatic heterocycles. The minimum absolute atomic E-state index is 0.0488. The number of nitrogens with zero attached hydrogens (tertiary/aromatic N) is 1. The van der Waals surface area contributed by atoms with Crippen LogP contribution >= 0.6 is 15.9 Å². The third kappa shape index (κ3) is 3.46. The molecule has 1 N–H and O–H groups in total. The van der Waals surface area contributed by atoms with Crippen molar-refractivity contribution in [2.45, 2.75) is 39.2 Å². The largest absolute Gasteiger partial charge is 0.341 e. The molecule has 1 aliphatic rings. The van der Waals surface area contributed by atoms with Gasteiger partial charge in [-0.3, -0.25) is 9.59 Å². The van der Waals surface area contributed by atoms with E-state index in [-0.39, 0.29) is 11.8 Å². The first-order valence-electron chi connectivity index (χ1n) is 7.35. The first kappa shape index (κ1) is 16.0. The third-order valence-corrected chi connectivity index (χ3v) is 4.04. The van der Waals surface area contributed by atoms with Crippen molar-refractivity contribution in [3.8, 4) is 0 Å². The normalized spacial score (nSPS) is 17.0. The Bertz CT molecular complexity index is 545. The molecule has 0 spiro atoms. The third-order valence-electron chi connectivity index (χ3n) is 3.68. The fraction of sp³-hybridized carbons (Fsp3) is 0.500. The number of amides is 2. The monoisotopic (exact) mass is 352 g/mol. The highest BCUT2D eigenvalue weighted by molar-refractivity contribution is 9.09. The van der Waals surface area contributed by atoms with E-state index in [4.69, 9.17) is 0 Å². The molecule has 0 saturated heterocycles. The summed E-state index contributed by atoms with van der Waals surface area (Å²) >= 11 is 3.38. The number of benzene rings is 1. The smallest absolute Gasteiger partial charge is 0.254 e. The Kier molecular flexibility index (Phi) is 5.39. The van der Waals surface area contributed by atoms with E-state index in [2.05, 4.69) is 40.3 Å². The van der Waals surface area contributed by atoms with E-state index >= 15 is 0 Å². The second-order valence-electron chi connectivity index (χ2n) is 5.31. The van der Waals surface area contributed by atoms with E-state index in [1.165, 1.54) is 12.5 Å². The SMILES string of the molecule is CCCCc1ccc2c(c1)C(NC(C)=O)C(=O)N2CCBr. The summed E-state index contributed by atoms with van der Waals surface area (Å²) in [5.74, 6) is -0.230. The van der Waals surface area contributed by atoms with Crippen molar-refractivity contribution in [1.29, 1.82) is 0 Å². The van der Waals surface area contributed by atoms with Crippen molar-refractivity contribution in [3.05, 3.63) is 29.3 Å². The molecule has 114 valence electrons. The molecule has 5 heteroatoms. The molecular formula is C16H21BrN2O2. The van der Waals surface area contributed by atoms with Gasteiger partial charge in [0, 0.05) is 30.0 Å². The van der Waals surface area contributed by atoms with Gasteiger partial charge in [-0.1, -0.05) is 41.4 Å². The van der Waals surface area contributed by atoms with Gasteiger partial charge >= 0.3 is 0 Å². The van der Waals surface area contributed by atoms with Crippen molar-refractivity contribution in [1.82, 2.24) is 5.32 Å². The molecule has 1 atom stereocenters. The van der Waals surface area contributed by atoms with Gasteiger partial charge in [0.2, 0.25) is 5.91 Å². The van der Waals surface area contributed by atoms with E-state index in [1.54, 1.807) is 4.90 Å². The van der Waals surface area contributed by atoms with Crippen molar-refractivity contribution in [2.75, 3.05) is 16.8 Å². The molecule has 1 aromatic rings. The van der Waals surface area contributed by atoms with Crippen molar-refractivity contribution in [2.24, 2.45) is 0 Å². The molecule has 1 heterocycles. The summed E-state index contributed by atoms with van der Waals surface area (Å²) in [6, 6.07) is 5.61. The summed E-state index contributed by atoms with van der Waals surface area (Å²) in [5, 5.41) is 3.48. The number of anilines is 1. The number of fused-ring (bicyclic) bond motifs is 1. The highest BCUT2D eigenvalue weighted by Crippen LogP contribution is 2.36. The van der Waals surface area contributed by atoms with Gasteiger partial charge in [-0.25, -0.2) is 0 Å². The first-order chi connectivity index (χ1) is 10.1. The van der Waals surface area contributed by atoms with E-state index < -0.39 is 6.04 Å². The van der Waals surface area contributed by atoms with Gasteiger partial charge in [0.15, 0.2) is 0 Å². The van der Waals surface area contributed by atoms with Gasteiger partial charge in [0.05, 0.1) is 0 Å². The van der Waals surface area contributed by atoms with Crippen molar-refractivity contribution < 1.29 is 9.59 Å². The Morgan fingerprint density at radius 2 is 2.19 bits per heavy atom. The van der Waals surface area contributed by atoms with E-state index in [0.29, 0.717) is 11.9 Å². The molecule has 1 unspecified atom stereocenters. The Morgan fingerprint density at radius 3 is 2.81 bits per heavy atom. The van der Waals surface area contributed by atoms with Crippen LogP contribution in [0.25, 0.3) is 0 Å². The highest BCUT2D eigenvalue weighted by Gasteiger charge is 2.37. The van der Waals surface area contributed by atoms with Gasteiger partial charge in [0.25, 0.3) is 5.91 Å². The van der Waals surface area contributed by atoms with Gasteiger partial charge in [0.1, 0.15) is 6.04 Å². The van der Waals surface area contributed by atoms with Gasteiger partial charge in [-0.05, 0) is 24.5 Å². The predicted molar refractivity (Wildman–Crippen MR) is 87.8 cm³/mol. The fourth-order valence-electron chi connectivity index (χ4n) is 2.68. The summed E-state index contributed by atoms with van der Waals surface area (Å²) in [6.45, 7) is 4.21. The second kappa shape index (κ2) is 7.07. The van der Waals surface area contributed by atoms with Crippen LogP contribution < -0.4 is 10.2 Å². The van der Waals surface area contributed by atoms with Crippen LogP contribution in [0.1, 0.15) is 43.9 Å². The number of carbonyl (C=O) groups excluding carboxylic acids is 2. The molecule has 0 aromatic heterocycles. The first-order valence-corrected chi connectivity index (χ1v) is 8.48. The number of halogens is 1. The van der Waals surface area contributed by atoms with Crippen LogP contribution in [0.2, 0.25) is 0 Å². The van der Waals surface area contributed by atoms with Crippen LogP contribution in [0, 0.1) is 0 Å². The van der Waals surface area contributed by atoms with E-state index in [1.807, 2.05) is 6.07 Å². The number of hydrogen-bond donors (Lipinski definition) is 1. The van der Waals surface area contributed by atoms with Crippen LogP contribution in [0.4, 0.5) is 5.69 Å². The molecule has 0 bridgehead atoms. The molecule has 2 rings (SSSR count). The molecule has 4 nitrogen and oxygen atoms in total. The summed E-state index contributed by atoms with van der Waals surface area (Å²) < 4.78 is 0. The number of unbranched alkanes of at least 4 members (excludes halogenated alkanes) is 1. The average molecular weight is 353 g/mol. The Morgan fingerprint density at radius 1 is 1.43 bits per heavy atom. The lowest BCUT2D eigenvalue weighted by molar-refractivity contribution is -0.126. The lowest BCUT2D eigenvalue weighted by atomic mass is 10.0. The average Bonchev–Trinajstić information content (AvgIpc) is 2.70. The molecular weight excluding hydrogens is 332 g/mol. The number of aryl methyl sites for hydroxylation is 1. The Labute approximate surface area is 134 Å². The maximum absolute atomic E-state index is 12.5. The van der Waals surface area contributed by atoms with Crippen LogP contribution in [-0.2, 0) is 16.0 Å². The van der Waals surface area contributed by atoms with Gasteiger partial charge < -0.3 is 10.2 Å². The molecule has 0 fully saturated rings. The lowest BCUT2D eigenvalue weighted by Crippen LogP contribution is -2.37. The maximum atomic E-state index is 12.5. The summed E-state index contributed by atoms with van der Waals surface area (Å²) in [5.41, 5.74) is 3.06. The van der Waals surface area contributed by atoms with E-state index in [9.17, 15) is 9.59 Å². The zero-order valence-corrected chi connectivity index (χ0v) is 14.1. The summed E-state index contributed by atoms with van der Waals surface area (Å²) in [6.07, 6.45) is 3.27. The topological polar surface area (TPSA) is 49.4 Å². The molecule has 0 radical (unpaired) electrons. The number of alkyl halides is 1. The van der Waals surface area contributed by atoms with Crippen molar-refractivity contribution >= 4 is 33.4 Å². The molecule has 2 amide bonds. The highest BCUT2D eigenvalue weighted by atomic mass is 79.9. The molecule has 0 aliphatic carbocycles. The standard InChI is InChI=1S/C16H21BrN2O2/c1-3-4-5-12-6-7-14-13(10-12)15(18-11(2)20)16(21)19(14)9-8-17/h6-7,10,15H,3-5,8-9H2,1-2H3,(H,18,20). The Balaban J connectivity index is 2.35. The molecule has 1 aromatic carbocycles. The van der Waals surface area contributed by atoms with Crippen LogP contribution in [0.3, 0.4) is 0 Å². The number of rotatable bonds is 6. The zero-order valence-electron chi connectivity index (χ0n) is 12.5. The van der Waals surface area contributed by atoms with E-state index in [0.717, 1.165) is 30.5 Å². The lowest BCUT2D eigenvalue weighted by Gasteiger charge is -2.16. The number of carbonyl (C=O) groups is 2. The quantitative estimate of drug-likeness (QED) is 0.800. The minimum atomic E-state index is -0.543. The van der Waals surface area contributed by atoms with Gasteiger partial charge in [-0.2, -0.15) is 0 Å². The maximum Gasteiger partial charge on any atom is 0.254 e. The fourth-order valence-corrected chi connectivity index (χ4v) is 3.04. The minimum Gasteiger partial charge on any atom is -0.341 e. The van der Waals surface area contributed by atoms with Crippen LogP contribution in [-0.4, -0.2) is 23.7 Å². The molecule has 0 saturated carbocycles. The number of hydrogen-bond acceptors (Lipinski definition) is 2. The zero-order chi connectivity index (χ0) is 15.4. The van der Waals surface area contributed by atoms with Crippen molar-refractivity contribution in [3.63, 3.8) is 0 Å².